The molecular formula is C29H35NO5. The van der Waals surface area contributed by atoms with E-state index in [0.717, 1.165) is 24.8 Å². The topological polar surface area (TPSA) is 88.8 Å². The van der Waals surface area contributed by atoms with Crippen LogP contribution in [0.2, 0.25) is 0 Å². The number of amides is 1. The van der Waals surface area contributed by atoms with Gasteiger partial charge in [0.15, 0.2) is 5.76 Å². The normalized spacial score (nSPS) is 24.5. The van der Waals surface area contributed by atoms with Crippen LogP contribution in [0.15, 0.2) is 50.7 Å². The van der Waals surface area contributed by atoms with Crippen LogP contribution in [-0.4, -0.2) is 24.2 Å². The maximum Gasteiger partial charge on any atom is 0.227 e. The van der Waals surface area contributed by atoms with E-state index in [4.69, 9.17) is 9.15 Å². The summed E-state index contributed by atoms with van der Waals surface area (Å²) in [5.74, 6) is 1.09. The molecule has 1 aromatic carbocycles. The van der Waals surface area contributed by atoms with Gasteiger partial charge in [-0.2, -0.15) is 0 Å². The SMILES string of the molecule is COc1ccc(C(CC(=O)NC2C3CCCC2C2=C(CCCC2)C3)c2oc(C)cc(=O)c2O)cc1. The smallest absolute Gasteiger partial charge is 0.227 e. The number of rotatable bonds is 6. The van der Waals surface area contributed by atoms with Crippen LogP contribution >= 0.6 is 0 Å². The Morgan fingerprint density at radius 2 is 1.94 bits per heavy atom. The Morgan fingerprint density at radius 3 is 2.71 bits per heavy atom. The van der Waals surface area contributed by atoms with Gasteiger partial charge in [0.05, 0.1) is 13.0 Å². The van der Waals surface area contributed by atoms with Gasteiger partial charge >= 0.3 is 0 Å². The Hall–Kier alpha value is -3.02. The Balaban J connectivity index is 1.42. The van der Waals surface area contributed by atoms with Crippen molar-refractivity contribution in [2.24, 2.45) is 11.8 Å². The zero-order chi connectivity index (χ0) is 24.5. The number of nitrogens with one attached hydrogen (secondary N) is 1. The Labute approximate surface area is 206 Å². The molecule has 6 nitrogen and oxygen atoms in total. The molecule has 0 aliphatic heterocycles. The van der Waals surface area contributed by atoms with Crippen molar-refractivity contribution >= 4 is 5.91 Å². The molecule has 6 heteroatoms. The zero-order valence-corrected chi connectivity index (χ0v) is 20.6. The van der Waals surface area contributed by atoms with Gasteiger partial charge in [0, 0.05) is 24.4 Å². The number of allylic oxidation sites excluding steroid dienone is 1. The van der Waals surface area contributed by atoms with Gasteiger partial charge in [-0.25, -0.2) is 0 Å². The van der Waals surface area contributed by atoms with Crippen LogP contribution in [0.4, 0.5) is 0 Å². The second kappa shape index (κ2) is 9.92. The third-order valence-electron chi connectivity index (χ3n) is 8.24. The number of aryl methyl sites for hydroxylation is 1. The molecular weight excluding hydrogens is 442 g/mol. The number of fused-ring (bicyclic) bond motifs is 3. The molecule has 1 aromatic heterocycles. The number of carbonyl (C=O) groups excluding carboxylic acids is 1. The summed E-state index contributed by atoms with van der Waals surface area (Å²) in [5.41, 5.74) is 3.57. The number of benzene rings is 1. The number of methoxy groups -OCH3 is 1. The maximum atomic E-state index is 13.5. The van der Waals surface area contributed by atoms with Crippen molar-refractivity contribution in [2.45, 2.75) is 76.7 Å². The van der Waals surface area contributed by atoms with Crippen LogP contribution in [0, 0.1) is 18.8 Å². The molecule has 4 unspecified atom stereocenters. The molecule has 2 bridgehead atoms. The van der Waals surface area contributed by atoms with Crippen molar-refractivity contribution in [3.63, 3.8) is 0 Å². The van der Waals surface area contributed by atoms with Gasteiger partial charge in [-0.05, 0) is 75.5 Å². The summed E-state index contributed by atoms with van der Waals surface area (Å²) in [6.45, 7) is 1.67. The van der Waals surface area contributed by atoms with Crippen molar-refractivity contribution in [3.8, 4) is 11.5 Å². The molecule has 1 saturated carbocycles. The van der Waals surface area contributed by atoms with Gasteiger partial charge in [-0.1, -0.05) is 29.7 Å². The van der Waals surface area contributed by atoms with Crippen LogP contribution in [0.25, 0.3) is 0 Å². The van der Waals surface area contributed by atoms with Crippen LogP contribution in [0.5, 0.6) is 11.5 Å². The van der Waals surface area contributed by atoms with Gasteiger partial charge in [0.2, 0.25) is 17.1 Å². The van der Waals surface area contributed by atoms with E-state index in [9.17, 15) is 14.7 Å². The molecule has 186 valence electrons. The fourth-order valence-corrected chi connectivity index (χ4v) is 6.60. The molecule has 0 spiro atoms. The minimum Gasteiger partial charge on any atom is -0.502 e. The minimum atomic E-state index is -0.582. The van der Waals surface area contributed by atoms with Crippen molar-refractivity contribution in [3.05, 3.63) is 68.8 Å². The number of ether oxygens (including phenoxy) is 1. The first-order chi connectivity index (χ1) is 16.9. The molecule has 1 amide bonds. The summed E-state index contributed by atoms with van der Waals surface area (Å²) in [6.07, 6.45) is 9.71. The Morgan fingerprint density at radius 1 is 1.17 bits per heavy atom. The second-order valence-electron chi connectivity index (χ2n) is 10.4. The lowest BCUT2D eigenvalue weighted by Gasteiger charge is -2.46. The summed E-state index contributed by atoms with van der Waals surface area (Å²) in [4.78, 5) is 25.8. The lowest BCUT2D eigenvalue weighted by atomic mass is 9.63. The highest BCUT2D eigenvalue weighted by Gasteiger charge is 2.42. The maximum absolute atomic E-state index is 13.5. The molecule has 1 heterocycles. The molecule has 2 aromatic rings. The van der Waals surface area contributed by atoms with E-state index in [1.54, 1.807) is 25.2 Å². The standard InChI is InChI=1S/C29H35NO5/c1-17-14-25(31)28(33)29(35-17)24(18-10-12-21(34-2)13-11-18)16-26(32)30-27-20-7-5-9-23(27)22-8-4-3-6-19(22)15-20/h10-14,20,23-24,27,33H,3-9,15-16H2,1-2H3,(H,30,32). The number of carbonyl (C=O) groups is 1. The van der Waals surface area contributed by atoms with Crippen LogP contribution in [0.3, 0.4) is 0 Å². The Bertz CT molecular complexity index is 1180. The molecule has 0 radical (unpaired) electrons. The van der Waals surface area contributed by atoms with E-state index >= 15 is 0 Å². The fraction of sp³-hybridized carbons (Fsp3) is 0.517. The summed E-state index contributed by atoms with van der Waals surface area (Å²) >= 11 is 0. The predicted octanol–water partition coefficient (Wildman–Crippen LogP) is 5.36. The van der Waals surface area contributed by atoms with E-state index in [-0.39, 0.29) is 24.1 Å². The van der Waals surface area contributed by atoms with Gasteiger partial charge in [-0.15, -0.1) is 0 Å². The molecule has 3 aliphatic rings. The van der Waals surface area contributed by atoms with Crippen LogP contribution in [-0.2, 0) is 4.79 Å². The first-order valence-corrected chi connectivity index (χ1v) is 12.9. The number of aromatic hydroxyl groups is 1. The van der Waals surface area contributed by atoms with Gasteiger partial charge < -0.3 is 19.6 Å². The van der Waals surface area contributed by atoms with Crippen molar-refractivity contribution in [1.29, 1.82) is 0 Å². The first-order valence-electron chi connectivity index (χ1n) is 12.9. The van der Waals surface area contributed by atoms with Crippen LogP contribution < -0.4 is 15.5 Å². The molecule has 5 rings (SSSR count). The van der Waals surface area contributed by atoms with Gasteiger partial charge in [0.25, 0.3) is 0 Å². The monoisotopic (exact) mass is 477 g/mol. The zero-order valence-electron chi connectivity index (χ0n) is 20.6. The summed E-state index contributed by atoms with van der Waals surface area (Å²) in [5, 5.41) is 14.0. The minimum absolute atomic E-state index is 0.0730. The van der Waals surface area contributed by atoms with Crippen LogP contribution in [0.1, 0.15) is 80.8 Å². The average Bonchev–Trinajstić information content (AvgIpc) is 2.85. The number of hydrogen-bond acceptors (Lipinski definition) is 5. The molecule has 4 atom stereocenters. The van der Waals surface area contributed by atoms with Gasteiger partial charge in [-0.3, -0.25) is 9.59 Å². The van der Waals surface area contributed by atoms with E-state index < -0.39 is 17.1 Å². The van der Waals surface area contributed by atoms with E-state index in [2.05, 4.69) is 5.32 Å². The van der Waals surface area contributed by atoms with E-state index in [0.29, 0.717) is 23.3 Å². The average molecular weight is 478 g/mol. The quantitative estimate of drug-likeness (QED) is 0.547. The van der Waals surface area contributed by atoms with E-state index in [1.165, 1.54) is 38.2 Å². The van der Waals surface area contributed by atoms with Crippen molar-refractivity contribution in [2.75, 3.05) is 7.11 Å². The molecule has 3 aliphatic carbocycles. The molecule has 2 N–H and O–H groups in total. The Kier molecular flexibility index (Phi) is 6.72. The first kappa shape index (κ1) is 23.7. The molecule has 35 heavy (non-hydrogen) atoms. The highest BCUT2D eigenvalue weighted by Crippen LogP contribution is 2.48. The third kappa shape index (κ3) is 4.75. The lowest BCUT2D eigenvalue weighted by molar-refractivity contribution is -0.123. The van der Waals surface area contributed by atoms with Crippen molar-refractivity contribution < 1.29 is 19.1 Å². The molecule has 0 saturated heterocycles. The lowest BCUT2D eigenvalue weighted by Crippen LogP contribution is -2.51. The summed E-state index contributed by atoms with van der Waals surface area (Å²) in [6, 6.07) is 8.77. The highest BCUT2D eigenvalue weighted by molar-refractivity contribution is 5.78. The van der Waals surface area contributed by atoms with Crippen molar-refractivity contribution in [1.82, 2.24) is 5.32 Å². The van der Waals surface area contributed by atoms with Gasteiger partial charge in [0.1, 0.15) is 11.5 Å². The van der Waals surface area contributed by atoms with E-state index in [1.807, 2.05) is 24.3 Å². The fourth-order valence-electron chi connectivity index (χ4n) is 6.60. The summed E-state index contributed by atoms with van der Waals surface area (Å²) < 4.78 is 11.1. The second-order valence-corrected chi connectivity index (χ2v) is 10.4. The third-order valence-corrected chi connectivity index (χ3v) is 8.24. The largest absolute Gasteiger partial charge is 0.502 e. The highest BCUT2D eigenvalue weighted by atomic mass is 16.5. The molecule has 1 fully saturated rings. The number of hydrogen-bond donors (Lipinski definition) is 2. The summed E-state index contributed by atoms with van der Waals surface area (Å²) in [7, 11) is 1.60. The predicted molar refractivity (Wildman–Crippen MR) is 134 cm³/mol.